The predicted molar refractivity (Wildman–Crippen MR) is 71.2 cm³/mol. The summed E-state index contributed by atoms with van der Waals surface area (Å²) in [4.78, 5) is 13.6. The first-order valence-electron chi connectivity index (χ1n) is 7.35. The van der Waals surface area contributed by atoms with Gasteiger partial charge in [-0.3, -0.25) is 9.69 Å². The highest BCUT2D eigenvalue weighted by atomic mass is 16.5. The van der Waals surface area contributed by atoms with Crippen molar-refractivity contribution < 1.29 is 19.4 Å². The molecule has 2 heterocycles. The molecule has 0 amide bonds. The third-order valence-corrected chi connectivity index (χ3v) is 4.42. The van der Waals surface area contributed by atoms with Crippen LogP contribution in [-0.2, 0) is 14.3 Å². The maximum atomic E-state index is 11.3. The summed E-state index contributed by atoms with van der Waals surface area (Å²) < 4.78 is 11.1. The number of hydrogen-bond acceptors (Lipinski definition) is 4. The van der Waals surface area contributed by atoms with Crippen LogP contribution < -0.4 is 0 Å². The summed E-state index contributed by atoms with van der Waals surface area (Å²) in [6.07, 6.45) is 3.34. The molecular weight excluding hydrogens is 246 g/mol. The first-order valence-corrected chi connectivity index (χ1v) is 7.35. The number of nitrogens with zero attached hydrogens (tertiary/aromatic N) is 1. The number of ether oxygens (including phenoxy) is 2. The van der Waals surface area contributed by atoms with Gasteiger partial charge in [0.15, 0.2) is 0 Å². The van der Waals surface area contributed by atoms with E-state index in [2.05, 4.69) is 18.7 Å². The Bertz CT molecular complexity index is 310. The molecule has 0 bridgehead atoms. The molecule has 0 aromatic carbocycles. The molecular formula is C14H25NO4. The van der Waals surface area contributed by atoms with Crippen LogP contribution in [0, 0.1) is 5.92 Å². The molecule has 2 fully saturated rings. The van der Waals surface area contributed by atoms with E-state index in [1.807, 2.05) is 0 Å². The van der Waals surface area contributed by atoms with Gasteiger partial charge in [-0.2, -0.15) is 0 Å². The smallest absolute Gasteiger partial charge is 0.310 e. The van der Waals surface area contributed by atoms with Gasteiger partial charge in [-0.15, -0.1) is 0 Å². The number of likely N-dealkylation sites (N-methyl/N-ethyl adjacent to an activating group) is 1. The van der Waals surface area contributed by atoms with Crippen LogP contribution in [-0.4, -0.2) is 60.5 Å². The van der Waals surface area contributed by atoms with Crippen LogP contribution in [0.15, 0.2) is 0 Å². The molecule has 4 unspecified atom stereocenters. The van der Waals surface area contributed by atoms with Crippen molar-refractivity contribution in [3.8, 4) is 0 Å². The van der Waals surface area contributed by atoms with E-state index in [1.165, 1.54) is 0 Å². The summed E-state index contributed by atoms with van der Waals surface area (Å²) >= 11 is 0. The van der Waals surface area contributed by atoms with Crippen LogP contribution in [0.3, 0.4) is 0 Å². The highest BCUT2D eigenvalue weighted by Gasteiger charge is 2.40. The summed E-state index contributed by atoms with van der Waals surface area (Å²) in [7, 11) is 0. The first-order chi connectivity index (χ1) is 9.17. The lowest BCUT2D eigenvalue weighted by atomic mass is 9.95. The van der Waals surface area contributed by atoms with Crippen molar-refractivity contribution in [3.05, 3.63) is 0 Å². The fourth-order valence-electron chi connectivity index (χ4n) is 3.32. The highest BCUT2D eigenvalue weighted by Crippen LogP contribution is 2.28. The van der Waals surface area contributed by atoms with E-state index in [0.29, 0.717) is 25.4 Å². The molecule has 4 atom stereocenters. The van der Waals surface area contributed by atoms with Gasteiger partial charge >= 0.3 is 5.97 Å². The number of rotatable bonds is 5. The largest absolute Gasteiger partial charge is 0.481 e. The monoisotopic (exact) mass is 271 g/mol. The molecule has 0 radical (unpaired) electrons. The topological polar surface area (TPSA) is 59.0 Å². The SMILES string of the molecule is CCC1CC(N(CC)C2COCC2C(=O)O)CCO1. The Morgan fingerprint density at radius 3 is 2.79 bits per heavy atom. The Balaban J connectivity index is 2.04. The van der Waals surface area contributed by atoms with Crippen LogP contribution in [0.4, 0.5) is 0 Å². The molecule has 0 aromatic rings. The molecule has 5 nitrogen and oxygen atoms in total. The zero-order valence-electron chi connectivity index (χ0n) is 11.9. The van der Waals surface area contributed by atoms with Gasteiger partial charge in [0, 0.05) is 18.7 Å². The van der Waals surface area contributed by atoms with Crippen LogP contribution in [0.2, 0.25) is 0 Å². The zero-order valence-corrected chi connectivity index (χ0v) is 11.9. The Kier molecular flexibility index (Phi) is 5.19. The second-order valence-electron chi connectivity index (χ2n) is 5.46. The quantitative estimate of drug-likeness (QED) is 0.818. The lowest BCUT2D eigenvalue weighted by Gasteiger charge is -2.40. The summed E-state index contributed by atoms with van der Waals surface area (Å²) in [6.45, 7) is 6.79. The van der Waals surface area contributed by atoms with Crippen molar-refractivity contribution >= 4 is 5.97 Å². The van der Waals surface area contributed by atoms with Gasteiger partial charge < -0.3 is 14.6 Å². The molecule has 0 aromatic heterocycles. The van der Waals surface area contributed by atoms with Crippen LogP contribution in [0.1, 0.15) is 33.1 Å². The highest BCUT2D eigenvalue weighted by molar-refractivity contribution is 5.71. The summed E-state index contributed by atoms with van der Waals surface area (Å²) in [6, 6.07) is 0.445. The summed E-state index contributed by atoms with van der Waals surface area (Å²) in [5, 5.41) is 9.29. The third-order valence-electron chi connectivity index (χ3n) is 4.42. The maximum Gasteiger partial charge on any atom is 0.310 e. The van der Waals surface area contributed by atoms with E-state index >= 15 is 0 Å². The maximum absolute atomic E-state index is 11.3. The van der Waals surface area contributed by atoms with Gasteiger partial charge in [0.25, 0.3) is 0 Å². The number of hydrogen-bond donors (Lipinski definition) is 1. The second kappa shape index (κ2) is 6.68. The third kappa shape index (κ3) is 3.27. The first kappa shape index (κ1) is 14.8. The molecule has 2 saturated heterocycles. The molecule has 19 heavy (non-hydrogen) atoms. The minimum Gasteiger partial charge on any atom is -0.481 e. The fraction of sp³-hybridized carbons (Fsp3) is 0.929. The number of carboxylic acid groups (broad SMARTS) is 1. The number of aliphatic carboxylic acids is 1. The molecule has 2 rings (SSSR count). The van der Waals surface area contributed by atoms with Crippen molar-refractivity contribution in [2.24, 2.45) is 5.92 Å². The molecule has 0 saturated carbocycles. The van der Waals surface area contributed by atoms with Gasteiger partial charge in [0.2, 0.25) is 0 Å². The number of carboxylic acids is 1. The normalized spacial score (nSPS) is 35.7. The van der Waals surface area contributed by atoms with Gasteiger partial charge in [-0.05, 0) is 25.8 Å². The van der Waals surface area contributed by atoms with E-state index in [-0.39, 0.29) is 12.0 Å². The van der Waals surface area contributed by atoms with E-state index in [0.717, 1.165) is 32.4 Å². The predicted octanol–water partition coefficient (Wildman–Crippen LogP) is 1.37. The Hall–Kier alpha value is -0.650. The standard InChI is InChI=1S/C14H25NO4/c1-3-11-7-10(5-6-19-11)15(4-2)13-9-18-8-12(13)14(16)17/h10-13H,3-9H2,1-2H3,(H,16,17). The van der Waals surface area contributed by atoms with E-state index in [4.69, 9.17) is 9.47 Å². The van der Waals surface area contributed by atoms with Crippen molar-refractivity contribution in [2.75, 3.05) is 26.4 Å². The van der Waals surface area contributed by atoms with Crippen molar-refractivity contribution in [1.29, 1.82) is 0 Å². The lowest BCUT2D eigenvalue weighted by Crippen LogP contribution is -2.51. The van der Waals surface area contributed by atoms with Crippen molar-refractivity contribution in [1.82, 2.24) is 4.90 Å². The van der Waals surface area contributed by atoms with Gasteiger partial charge in [0.05, 0.1) is 25.2 Å². The number of carbonyl (C=O) groups is 1. The molecule has 2 aliphatic rings. The molecule has 0 spiro atoms. The van der Waals surface area contributed by atoms with Gasteiger partial charge in [0.1, 0.15) is 0 Å². The van der Waals surface area contributed by atoms with Gasteiger partial charge in [-0.25, -0.2) is 0 Å². The van der Waals surface area contributed by atoms with Gasteiger partial charge in [-0.1, -0.05) is 13.8 Å². The molecule has 110 valence electrons. The van der Waals surface area contributed by atoms with E-state index in [9.17, 15) is 9.90 Å². The zero-order chi connectivity index (χ0) is 13.8. The minimum absolute atomic E-state index is 0.0168. The molecule has 0 aliphatic carbocycles. The van der Waals surface area contributed by atoms with Crippen LogP contribution in [0.5, 0.6) is 0 Å². The van der Waals surface area contributed by atoms with Crippen molar-refractivity contribution in [2.45, 2.75) is 51.3 Å². The Labute approximate surface area is 114 Å². The Morgan fingerprint density at radius 1 is 1.37 bits per heavy atom. The summed E-state index contributed by atoms with van der Waals surface area (Å²) in [5.41, 5.74) is 0. The minimum atomic E-state index is -0.736. The molecule has 2 aliphatic heterocycles. The average Bonchev–Trinajstić information content (AvgIpc) is 2.89. The van der Waals surface area contributed by atoms with Crippen molar-refractivity contribution in [3.63, 3.8) is 0 Å². The molecule has 5 heteroatoms. The van der Waals surface area contributed by atoms with E-state index < -0.39 is 5.97 Å². The van der Waals surface area contributed by atoms with E-state index in [1.54, 1.807) is 0 Å². The van der Waals surface area contributed by atoms with Crippen LogP contribution in [0.25, 0.3) is 0 Å². The second-order valence-corrected chi connectivity index (χ2v) is 5.46. The fourth-order valence-corrected chi connectivity index (χ4v) is 3.32. The summed E-state index contributed by atoms with van der Waals surface area (Å²) in [5.74, 6) is -1.12. The van der Waals surface area contributed by atoms with Crippen LogP contribution >= 0.6 is 0 Å². The molecule has 1 N–H and O–H groups in total. The lowest BCUT2D eigenvalue weighted by molar-refractivity contribution is -0.143. The Morgan fingerprint density at radius 2 is 2.16 bits per heavy atom. The average molecular weight is 271 g/mol.